The number of rotatable bonds is 10. The van der Waals surface area contributed by atoms with E-state index in [0.717, 1.165) is 71.6 Å². The number of amides is 1. The molecule has 1 fully saturated rings. The van der Waals surface area contributed by atoms with Gasteiger partial charge in [-0.15, -0.1) is 0 Å². The molecule has 0 radical (unpaired) electrons. The van der Waals surface area contributed by atoms with E-state index in [2.05, 4.69) is 31.1 Å². The molecule has 2 N–H and O–H groups in total. The van der Waals surface area contributed by atoms with E-state index in [0.29, 0.717) is 46.0 Å². The Morgan fingerprint density at radius 1 is 1.06 bits per heavy atom. The molecular weight excluding hydrogens is 680 g/mol. The second kappa shape index (κ2) is 13.8. The first kappa shape index (κ1) is 32.4. The van der Waals surface area contributed by atoms with Crippen LogP contribution in [0.3, 0.4) is 0 Å². The number of benzene rings is 3. The highest BCUT2D eigenvalue weighted by molar-refractivity contribution is 6.34. The molecule has 10 nitrogen and oxygen atoms in total. The molecule has 1 unspecified atom stereocenters. The lowest BCUT2D eigenvalue weighted by atomic mass is 10.0. The Kier molecular flexibility index (Phi) is 8.96. The number of fused-ring (bicyclic) bond motifs is 2. The zero-order valence-electron chi connectivity index (χ0n) is 26.8. The Labute approximate surface area is 296 Å². The first-order chi connectivity index (χ1) is 24.4. The molecule has 0 aliphatic carbocycles. The van der Waals surface area contributed by atoms with E-state index in [1.165, 1.54) is 6.07 Å². The molecule has 5 heterocycles. The SMILES string of the molecule is O=C(Nc1ccc2n[nH]c(Cl)c2c1)c1ccc2nc(CN3CC=C(c4cccc(OCc5ccc(Cl)cc5F)n4)CC3)n(CC3CCO3)c2c1. The molecule has 2 aliphatic heterocycles. The number of hydrogen-bond acceptors (Lipinski definition) is 7. The van der Waals surface area contributed by atoms with Gasteiger partial charge in [0.25, 0.3) is 5.91 Å². The number of carbonyl (C=O) groups is 1. The molecule has 3 aromatic heterocycles. The number of anilines is 1. The highest BCUT2D eigenvalue weighted by atomic mass is 35.5. The number of hydrogen-bond donors (Lipinski definition) is 2. The van der Waals surface area contributed by atoms with Crippen LogP contribution in [0.2, 0.25) is 10.2 Å². The summed E-state index contributed by atoms with van der Waals surface area (Å²) >= 11 is 12.1. The van der Waals surface area contributed by atoms with Crippen molar-refractivity contribution in [3.8, 4) is 5.88 Å². The van der Waals surface area contributed by atoms with E-state index in [9.17, 15) is 9.18 Å². The van der Waals surface area contributed by atoms with Gasteiger partial charge in [0.05, 0.1) is 41.4 Å². The Bertz CT molecular complexity index is 2270. The topological polar surface area (TPSA) is 110 Å². The molecule has 6 aromatic rings. The molecule has 8 rings (SSSR count). The summed E-state index contributed by atoms with van der Waals surface area (Å²) in [6.07, 6.45) is 4.08. The monoisotopic (exact) mass is 711 g/mol. The van der Waals surface area contributed by atoms with Crippen LogP contribution in [0.15, 0.2) is 78.9 Å². The van der Waals surface area contributed by atoms with Crippen LogP contribution in [0.1, 0.15) is 40.3 Å². The predicted octanol–water partition coefficient (Wildman–Crippen LogP) is 7.66. The van der Waals surface area contributed by atoms with Crippen LogP contribution in [0.4, 0.5) is 10.1 Å². The molecule has 1 amide bonds. The zero-order chi connectivity index (χ0) is 34.2. The van der Waals surface area contributed by atoms with E-state index in [1.807, 2.05) is 30.3 Å². The summed E-state index contributed by atoms with van der Waals surface area (Å²) in [4.78, 5) is 25.4. The van der Waals surface area contributed by atoms with Crippen molar-refractivity contribution in [1.82, 2.24) is 29.6 Å². The maximum absolute atomic E-state index is 14.2. The summed E-state index contributed by atoms with van der Waals surface area (Å²) in [6.45, 7) is 3.65. The lowest BCUT2D eigenvalue weighted by Gasteiger charge is -2.29. The zero-order valence-corrected chi connectivity index (χ0v) is 28.3. The third-order valence-electron chi connectivity index (χ3n) is 9.14. The third-order valence-corrected chi connectivity index (χ3v) is 9.66. The van der Waals surface area contributed by atoms with Gasteiger partial charge in [0.1, 0.15) is 23.4 Å². The number of nitrogens with one attached hydrogen (secondary N) is 2. The van der Waals surface area contributed by atoms with Crippen LogP contribution in [0.5, 0.6) is 5.88 Å². The molecule has 0 saturated carbocycles. The summed E-state index contributed by atoms with van der Waals surface area (Å²) in [6, 6.07) is 21.2. The van der Waals surface area contributed by atoms with E-state index in [-0.39, 0.29) is 18.6 Å². The van der Waals surface area contributed by atoms with Crippen LogP contribution in [-0.4, -0.2) is 61.3 Å². The number of halogens is 3. The Morgan fingerprint density at radius 3 is 2.74 bits per heavy atom. The highest BCUT2D eigenvalue weighted by Crippen LogP contribution is 2.28. The van der Waals surface area contributed by atoms with Gasteiger partial charge in [-0.1, -0.05) is 41.4 Å². The van der Waals surface area contributed by atoms with E-state index >= 15 is 0 Å². The minimum Gasteiger partial charge on any atom is -0.473 e. The van der Waals surface area contributed by atoms with Crippen LogP contribution >= 0.6 is 23.2 Å². The lowest BCUT2D eigenvalue weighted by molar-refractivity contribution is -0.0591. The first-order valence-corrected chi connectivity index (χ1v) is 17.1. The molecule has 2 aliphatic rings. The quantitative estimate of drug-likeness (QED) is 0.150. The largest absolute Gasteiger partial charge is 0.473 e. The molecule has 1 atom stereocenters. The molecular formula is C37H32Cl2FN7O3. The smallest absolute Gasteiger partial charge is 0.255 e. The lowest BCUT2D eigenvalue weighted by Crippen LogP contribution is -2.33. The summed E-state index contributed by atoms with van der Waals surface area (Å²) in [7, 11) is 0. The van der Waals surface area contributed by atoms with Gasteiger partial charge >= 0.3 is 0 Å². The number of aromatic amines is 1. The van der Waals surface area contributed by atoms with E-state index < -0.39 is 5.82 Å². The summed E-state index contributed by atoms with van der Waals surface area (Å²) in [5, 5.41) is 11.4. The first-order valence-electron chi connectivity index (χ1n) is 16.4. The standard InChI is InChI=1S/C37H32Cl2FN7O3/c38-25-6-4-24(29(40)17-25)21-50-35-3-1-2-30(43-35)22-10-13-46(14-11-22)20-34-42-32-8-5-23(16-33(32)47(34)19-27-12-15-49-27)37(48)41-26-7-9-31-28(18-26)36(39)45-44-31/h1-10,16-18,27H,11-15,19-21H2,(H,41,48)(H,44,45). The van der Waals surface area contributed by atoms with Crippen LogP contribution in [-0.2, 0) is 24.4 Å². The van der Waals surface area contributed by atoms with Crippen LogP contribution in [0, 0.1) is 5.82 Å². The van der Waals surface area contributed by atoms with Crippen molar-refractivity contribution in [2.45, 2.75) is 38.6 Å². The molecule has 0 spiro atoms. The second-order valence-corrected chi connectivity index (χ2v) is 13.3. The van der Waals surface area contributed by atoms with Crippen molar-refractivity contribution in [1.29, 1.82) is 0 Å². The number of aromatic nitrogens is 5. The fraction of sp³-hybridized carbons (Fsp3) is 0.243. The van der Waals surface area contributed by atoms with E-state index in [1.54, 1.807) is 36.4 Å². The number of ether oxygens (including phenoxy) is 2. The number of pyridine rings is 1. The van der Waals surface area contributed by atoms with E-state index in [4.69, 9.17) is 42.6 Å². The van der Waals surface area contributed by atoms with Gasteiger partial charge in [0.15, 0.2) is 0 Å². The summed E-state index contributed by atoms with van der Waals surface area (Å²) in [5.74, 6) is 0.722. The number of carbonyl (C=O) groups excluding carboxylic acids is 1. The minimum absolute atomic E-state index is 0.0585. The average molecular weight is 713 g/mol. The van der Waals surface area contributed by atoms with Crippen LogP contribution < -0.4 is 10.1 Å². The highest BCUT2D eigenvalue weighted by Gasteiger charge is 2.24. The maximum Gasteiger partial charge on any atom is 0.255 e. The third kappa shape index (κ3) is 6.82. The van der Waals surface area contributed by atoms with Crippen molar-refractivity contribution in [2.24, 2.45) is 0 Å². The van der Waals surface area contributed by atoms with Gasteiger partial charge in [0.2, 0.25) is 5.88 Å². The van der Waals surface area contributed by atoms with Gasteiger partial charge < -0.3 is 19.4 Å². The van der Waals surface area contributed by atoms with Crippen LogP contribution in [0.25, 0.3) is 27.5 Å². The van der Waals surface area contributed by atoms with Gasteiger partial charge in [-0.25, -0.2) is 14.4 Å². The minimum atomic E-state index is -0.408. The average Bonchev–Trinajstić information content (AvgIpc) is 3.64. The maximum atomic E-state index is 14.2. The second-order valence-electron chi connectivity index (χ2n) is 12.4. The fourth-order valence-electron chi connectivity index (χ4n) is 6.28. The van der Waals surface area contributed by atoms with Gasteiger partial charge in [-0.05, 0) is 73.0 Å². The molecule has 13 heteroatoms. The molecule has 3 aromatic carbocycles. The van der Waals surface area contributed by atoms with Gasteiger partial charge in [0, 0.05) is 53.0 Å². The number of H-pyrrole nitrogens is 1. The molecule has 0 bridgehead atoms. The molecule has 1 saturated heterocycles. The Morgan fingerprint density at radius 2 is 1.94 bits per heavy atom. The fourth-order valence-corrected chi connectivity index (χ4v) is 6.63. The molecule has 254 valence electrons. The predicted molar refractivity (Wildman–Crippen MR) is 191 cm³/mol. The molecule has 50 heavy (non-hydrogen) atoms. The normalized spacial score (nSPS) is 16.4. The van der Waals surface area contributed by atoms with Crippen molar-refractivity contribution >= 4 is 62.3 Å². The summed E-state index contributed by atoms with van der Waals surface area (Å²) in [5.41, 5.74) is 5.99. The number of nitrogens with zero attached hydrogens (tertiary/aromatic N) is 5. The summed E-state index contributed by atoms with van der Waals surface area (Å²) < 4.78 is 28.0. The number of imidazole rings is 1. The Balaban J connectivity index is 0.969. The van der Waals surface area contributed by atoms with Crippen molar-refractivity contribution < 1.29 is 18.7 Å². The van der Waals surface area contributed by atoms with Crippen molar-refractivity contribution in [3.05, 3.63) is 118 Å². The van der Waals surface area contributed by atoms with Crippen molar-refractivity contribution in [2.75, 3.05) is 25.0 Å². The van der Waals surface area contributed by atoms with Crippen molar-refractivity contribution in [3.63, 3.8) is 0 Å². The van der Waals surface area contributed by atoms with Gasteiger partial charge in [-0.2, -0.15) is 5.10 Å². The Hall–Kier alpha value is -4.81. The van der Waals surface area contributed by atoms with Gasteiger partial charge in [-0.3, -0.25) is 14.8 Å².